The summed E-state index contributed by atoms with van der Waals surface area (Å²) >= 11 is 3.78. The van der Waals surface area contributed by atoms with E-state index < -0.39 is 0 Å². The Morgan fingerprint density at radius 3 is 2.90 bits per heavy atom. The van der Waals surface area contributed by atoms with Crippen LogP contribution in [-0.4, -0.2) is 34.4 Å². The molecule has 0 bridgehead atoms. The van der Waals surface area contributed by atoms with E-state index in [2.05, 4.69) is 41.6 Å². The van der Waals surface area contributed by atoms with Gasteiger partial charge in [-0.05, 0) is 36.0 Å². The van der Waals surface area contributed by atoms with Gasteiger partial charge in [-0.1, -0.05) is 26.3 Å². The molecule has 2 aliphatic rings. The zero-order valence-corrected chi connectivity index (χ0v) is 14.4. The first-order valence-corrected chi connectivity index (χ1v) is 9.81. The van der Waals surface area contributed by atoms with Gasteiger partial charge in [0.15, 0.2) is 0 Å². The van der Waals surface area contributed by atoms with Gasteiger partial charge in [-0.25, -0.2) is 0 Å². The molecule has 3 unspecified atom stereocenters. The molecule has 116 valence electrons. The molecule has 3 heterocycles. The Bertz CT molecular complexity index is 469. The number of nitrogens with one attached hydrogen (secondary N) is 1. The maximum Gasteiger partial charge on any atom is 0.241 e. The molecule has 21 heavy (non-hydrogen) atoms. The second-order valence-corrected chi connectivity index (χ2v) is 8.67. The lowest BCUT2D eigenvalue weighted by Crippen LogP contribution is -2.38. The standard InChI is InChI=1S/C16H24N2OS2/c1-11(2)14-16(19)18(10-12-6-3-4-8-20-12)15(17-14)13-7-5-9-21-13/h5,7,9,11-12,14-15,17H,3-4,6,8,10H2,1-2H3. The second-order valence-electron chi connectivity index (χ2n) is 6.29. The molecule has 0 aliphatic carbocycles. The normalized spacial score (nSPS) is 30.3. The minimum absolute atomic E-state index is 0.0364. The smallest absolute Gasteiger partial charge is 0.241 e. The van der Waals surface area contributed by atoms with Gasteiger partial charge in [0.2, 0.25) is 5.91 Å². The number of carbonyl (C=O) groups is 1. The number of hydrogen-bond acceptors (Lipinski definition) is 4. The van der Waals surface area contributed by atoms with Gasteiger partial charge in [0, 0.05) is 16.7 Å². The minimum Gasteiger partial charge on any atom is -0.320 e. The molecule has 1 aromatic rings. The average Bonchev–Trinajstić information content (AvgIpc) is 3.09. The quantitative estimate of drug-likeness (QED) is 0.920. The fourth-order valence-electron chi connectivity index (χ4n) is 3.16. The monoisotopic (exact) mass is 324 g/mol. The molecule has 0 aromatic carbocycles. The number of amides is 1. The summed E-state index contributed by atoms with van der Waals surface area (Å²) in [6.45, 7) is 5.14. The Morgan fingerprint density at radius 2 is 2.29 bits per heavy atom. The maximum absolute atomic E-state index is 12.8. The Hall–Kier alpha value is -0.520. The predicted molar refractivity (Wildman–Crippen MR) is 90.6 cm³/mol. The van der Waals surface area contributed by atoms with Crippen molar-refractivity contribution in [1.82, 2.24) is 10.2 Å². The largest absolute Gasteiger partial charge is 0.320 e. The number of rotatable bonds is 4. The lowest BCUT2D eigenvalue weighted by molar-refractivity contribution is -0.130. The second kappa shape index (κ2) is 6.71. The number of thioether (sulfide) groups is 1. The van der Waals surface area contributed by atoms with E-state index in [9.17, 15) is 4.79 Å². The number of nitrogens with zero attached hydrogens (tertiary/aromatic N) is 1. The van der Waals surface area contributed by atoms with E-state index in [0.717, 1.165) is 6.54 Å². The van der Waals surface area contributed by atoms with E-state index in [1.165, 1.54) is 29.9 Å². The zero-order chi connectivity index (χ0) is 14.8. The highest BCUT2D eigenvalue weighted by Gasteiger charge is 2.42. The maximum atomic E-state index is 12.8. The van der Waals surface area contributed by atoms with Crippen LogP contribution in [0.1, 0.15) is 44.2 Å². The van der Waals surface area contributed by atoms with Crippen molar-refractivity contribution in [3.8, 4) is 0 Å². The number of hydrogen-bond donors (Lipinski definition) is 1. The van der Waals surface area contributed by atoms with Crippen molar-refractivity contribution in [3.63, 3.8) is 0 Å². The van der Waals surface area contributed by atoms with Crippen molar-refractivity contribution < 1.29 is 4.79 Å². The average molecular weight is 325 g/mol. The molecular formula is C16H24N2OS2. The minimum atomic E-state index is -0.0364. The number of carbonyl (C=O) groups excluding carboxylic acids is 1. The molecule has 0 saturated carbocycles. The number of thiophene rings is 1. The van der Waals surface area contributed by atoms with Gasteiger partial charge in [-0.15, -0.1) is 11.3 Å². The predicted octanol–water partition coefficient (Wildman–Crippen LogP) is 3.49. The third-order valence-electron chi connectivity index (χ3n) is 4.35. The van der Waals surface area contributed by atoms with Crippen molar-refractivity contribution >= 4 is 29.0 Å². The summed E-state index contributed by atoms with van der Waals surface area (Å²) in [5.41, 5.74) is 0. The van der Waals surface area contributed by atoms with Crippen LogP contribution >= 0.6 is 23.1 Å². The molecule has 0 radical (unpaired) electrons. The van der Waals surface area contributed by atoms with Gasteiger partial charge >= 0.3 is 0 Å². The van der Waals surface area contributed by atoms with E-state index in [-0.39, 0.29) is 18.1 Å². The zero-order valence-electron chi connectivity index (χ0n) is 12.7. The van der Waals surface area contributed by atoms with Gasteiger partial charge in [0.05, 0.1) is 6.04 Å². The summed E-state index contributed by atoms with van der Waals surface area (Å²) in [5.74, 6) is 1.87. The Kier molecular flexibility index (Phi) is 4.92. The van der Waals surface area contributed by atoms with Crippen LogP contribution in [0.2, 0.25) is 0 Å². The van der Waals surface area contributed by atoms with E-state index >= 15 is 0 Å². The SMILES string of the molecule is CC(C)C1NC(c2cccs2)N(CC2CCCCS2)C1=O. The first-order chi connectivity index (χ1) is 10.2. The van der Waals surface area contributed by atoms with Crippen LogP contribution in [0.15, 0.2) is 17.5 Å². The summed E-state index contributed by atoms with van der Waals surface area (Å²) in [6, 6.07) is 4.17. The third-order valence-corrected chi connectivity index (χ3v) is 6.66. The Labute approximate surface area is 135 Å². The van der Waals surface area contributed by atoms with Crippen LogP contribution in [0.3, 0.4) is 0 Å². The molecular weight excluding hydrogens is 300 g/mol. The molecule has 3 atom stereocenters. The summed E-state index contributed by atoms with van der Waals surface area (Å²) in [4.78, 5) is 16.1. The summed E-state index contributed by atoms with van der Waals surface area (Å²) in [5, 5.41) is 6.26. The molecule has 0 spiro atoms. The van der Waals surface area contributed by atoms with Gasteiger partial charge in [-0.2, -0.15) is 11.8 Å². The van der Waals surface area contributed by atoms with Crippen molar-refractivity contribution in [2.24, 2.45) is 5.92 Å². The van der Waals surface area contributed by atoms with Crippen LogP contribution in [0, 0.1) is 5.92 Å². The van der Waals surface area contributed by atoms with E-state index in [1.54, 1.807) is 11.3 Å². The lowest BCUT2D eigenvalue weighted by atomic mass is 10.0. The molecule has 2 fully saturated rings. The Morgan fingerprint density at radius 1 is 1.43 bits per heavy atom. The van der Waals surface area contributed by atoms with Gasteiger partial charge in [0.1, 0.15) is 6.17 Å². The molecule has 2 saturated heterocycles. The first-order valence-electron chi connectivity index (χ1n) is 7.88. The summed E-state index contributed by atoms with van der Waals surface area (Å²) in [6.07, 6.45) is 3.96. The van der Waals surface area contributed by atoms with E-state index in [0.29, 0.717) is 11.2 Å². The molecule has 1 amide bonds. The highest BCUT2D eigenvalue weighted by Crippen LogP contribution is 2.34. The van der Waals surface area contributed by atoms with Crippen LogP contribution < -0.4 is 5.32 Å². The van der Waals surface area contributed by atoms with Crippen molar-refractivity contribution in [2.45, 2.75) is 50.6 Å². The van der Waals surface area contributed by atoms with Gasteiger partial charge in [-0.3, -0.25) is 10.1 Å². The summed E-state index contributed by atoms with van der Waals surface area (Å²) < 4.78 is 0. The molecule has 5 heteroatoms. The molecule has 3 nitrogen and oxygen atoms in total. The highest BCUT2D eigenvalue weighted by molar-refractivity contribution is 7.99. The van der Waals surface area contributed by atoms with E-state index in [4.69, 9.17) is 0 Å². The highest BCUT2D eigenvalue weighted by atomic mass is 32.2. The van der Waals surface area contributed by atoms with Crippen LogP contribution in [0.25, 0.3) is 0 Å². The fraction of sp³-hybridized carbons (Fsp3) is 0.688. The first kappa shape index (κ1) is 15.4. The third kappa shape index (κ3) is 3.30. The topological polar surface area (TPSA) is 32.3 Å². The van der Waals surface area contributed by atoms with Crippen molar-refractivity contribution in [1.29, 1.82) is 0 Å². The Balaban J connectivity index is 1.77. The lowest BCUT2D eigenvalue weighted by Gasteiger charge is -2.30. The van der Waals surface area contributed by atoms with Gasteiger partial charge in [0.25, 0.3) is 0 Å². The summed E-state index contributed by atoms with van der Waals surface area (Å²) in [7, 11) is 0. The molecule has 1 aromatic heterocycles. The van der Waals surface area contributed by atoms with Crippen LogP contribution in [-0.2, 0) is 4.79 Å². The van der Waals surface area contributed by atoms with Crippen LogP contribution in [0.4, 0.5) is 0 Å². The van der Waals surface area contributed by atoms with Crippen molar-refractivity contribution in [2.75, 3.05) is 12.3 Å². The van der Waals surface area contributed by atoms with E-state index in [1.807, 2.05) is 11.8 Å². The van der Waals surface area contributed by atoms with Crippen molar-refractivity contribution in [3.05, 3.63) is 22.4 Å². The molecule has 2 aliphatic heterocycles. The molecule has 1 N–H and O–H groups in total. The van der Waals surface area contributed by atoms with Crippen LogP contribution in [0.5, 0.6) is 0 Å². The molecule has 3 rings (SSSR count). The fourth-order valence-corrected chi connectivity index (χ4v) is 5.26. The van der Waals surface area contributed by atoms with Gasteiger partial charge < -0.3 is 4.90 Å².